The quantitative estimate of drug-likeness (QED) is 0.394. The second-order valence-electron chi connectivity index (χ2n) is 6.35. The van der Waals surface area contributed by atoms with Crippen LogP contribution in [0.5, 0.6) is 0 Å². The number of amides is 1. The van der Waals surface area contributed by atoms with Crippen LogP contribution in [0.2, 0.25) is 0 Å². The largest absolute Gasteiger partial charge is 0.454 e. The Bertz CT molecular complexity index is 900. The van der Waals surface area contributed by atoms with Gasteiger partial charge in [0.25, 0.3) is 0 Å². The second-order valence-corrected chi connectivity index (χ2v) is 7.52. The fourth-order valence-electron chi connectivity index (χ4n) is 2.69. The topological polar surface area (TPSA) is 72.9 Å². The zero-order valence-corrected chi connectivity index (χ0v) is 16.5. The van der Waals surface area contributed by atoms with Crippen LogP contribution >= 0.6 is 11.3 Å². The molecule has 0 saturated carbocycles. The Balaban J connectivity index is 1.46. The zero-order valence-electron chi connectivity index (χ0n) is 15.6. The maximum atomic E-state index is 12.8. The van der Waals surface area contributed by atoms with Crippen LogP contribution in [-0.4, -0.2) is 55.5 Å². The van der Waals surface area contributed by atoms with Crippen molar-refractivity contribution >= 4 is 35.1 Å². The summed E-state index contributed by atoms with van der Waals surface area (Å²) in [6.45, 7) is 1.86. The Hall–Kier alpha value is -2.84. The van der Waals surface area contributed by atoms with E-state index in [1.165, 1.54) is 47.8 Å². The summed E-state index contributed by atoms with van der Waals surface area (Å²) in [7, 11) is 0. The Morgan fingerprint density at radius 2 is 1.83 bits per heavy atom. The third-order valence-corrected chi connectivity index (χ3v) is 5.38. The lowest BCUT2D eigenvalue weighted by Gasteiger charge is -2.26. The van der Waals surface area contributed by atoms with Gasteiger partial charge < -0.3 is 14.4 Å². The Labute approximate surface area is 171 Å². The van der Waals surface area contributed by atoms with Gasteiger partial charge in [-0.25, -0.2) is 9.18 Å². The van der Waals surface area contributed by atoms with E-state index in [-0.39, 0.29) is 30.5 Å². The number of hydrogen-bond acceptors (Lipinski definition) is 6. The standard InChI is InChI=1S/C21H20FNO5S/c22-16-4-1-15(2-5-16)3-8-21(26)28-14-18(24)19-7-6-17(29-19)13-20(25)23-9-11-27-12-10-23/h1-8H,9-14H2/b8-3+. The van der Waals surface area contributed by atoms with E-state index >= 15 is 0 Å². The van der Waals surface area contributed by atoms with Crippen LogP contribution in [0.4, 0.5) is 4.39 Å². The molecular formula is C21H20FNO5S. The van der Waals surface area contributed by atoms with Gasteiger partial charge in [-0.1, -0.05) is 12.1 Å². The van der Waals surface area contributed by atoms with Gasteiger partial charge in [-0.3, -0.25) is 9.59 Å². The lowest BCUT2D eigenvalue weighted by molar-refractivity contribution is -0.136. The third kappa shape index (κ3) is 6.33. The summed E-state index contributed by atoms with van der Waals surface area (Å²) in [4.78, 5) is 39.2. The van der Waals surface area contributed by atoms with Crippen molar-refractivity contribution in [1.29, 1.82) is 0 Å². The summed E-state index contributed by atoms with van der Waals surface area (Å²) in [5, 5.41) is 0. The summed E-state index contributed by atoms with van der Waals surface area (Å²) >= 11 is 1.22. The van der Waals surface area contributed by atoms with E-state index in [0.717, 1.165) is 4.88 Å². The van der Waals surface area contributed by atoms with E-state index in [9.17, 15) is 18.8 Å². The number of hydrogen-bond donors (Lipinski definition) is 0. The predicted octanol–water partition coefficient (Wildman–Crippen LogP) is 2.73. The van der Waals surface area contributed by atoms with Crippen LogP contribution in [-0.2, 0) is 25.5 Å². The van der Waals surface area contributed by atoms with Crippen molar-refractivity contribution < 1.29 is 28.2 Å². The predicted molar refractivity (Wildman–Crippen MR) is 106 cm³/mol. The van der Waals surface area contributed by atoms with Gasteiger partial charge in [0, 0.05) is 24.0 Å². The van der Waals surface area contributed by atoms with Gasteiger partial charge in [-0.2, -0.15) is 0 Å². The van der Waals surface area contributed by atoms with Crippen LogP contribution in [0.1, 0.15) is 20.1 Å². The molecule has 1 aliphatic rings. The van der Waals surface area contributed by atoms with Crippen LogP contribution in [0, 0.1) is 5.82 Å². The van der Waals surface area contributed by atoms with Crippen molar-refractivity contribution in [3.8, 4) is 0 Å². The number of nitrogens with zero attached hydrogens (tertiary/aromatic N) is 1. The highest BCUT2D eigenvalue weighted by molar-refractivity contribution is 7.14. The highest BCUT2D eigenvalue weighted by Gasteiger charge is 2.19. The van der Waals surface area contributed by atoms with E-state index in [4.69, 9.17) is 9.47 Å². The molecule has 0 aliphatic carbocycles. The van der Waals surface area contributed by atoms with Crippen LogP contribution < -0.4 is 0 Å². The van der Waals surface area contributed by atoms with Crippen molar-refractivity contribution in [2.24, 2.45) is 0 Å². The number of Topliss-reactive ketones (excluding diaryl/α,β-unsaturated/α-hetero) is 1. The van der Waals surface area contributed by atoms with Crippen molar-refractivity contribution in [2.45, 2.75) is 6.42 Å². The summed E-state index contributed by atoms with van der Waals surface area (Å²) in [6, 6.07) is 8.99. The van der Waals surface area contributed by atoms with Crippen LogP contribution in [0.3, 0.4) is 0 Å². The van der Waals surface area contributed by atoms with Crippen molar-refractivity contribution in [1.82, 2.24) is 4.90 Å². The van der Waals surface area contributed by atoms with Gasteiger partial charge in [-0.05, 0) is 35.9 Å². The van der Waals surface area contributed by atoms with E-state index in [1.54, 1.807) is 17.0 Å². The maximum Gasteiger partial charge on any atom is 0.331 e. The Kier molecular flexibility index (Phi) is 7.26. The second kappa shape index (κ2) is 10.1. The Morgan fingerprint density at radius 1 is 1.10 bits per heavy atom. The first-order chi connectivity index (χ1) is 14.0. The molecule has 1 saturated heterocycles. The SMILES string of the molecule is O=C(/C=C/c1ccc(F)cc1)OCC(=O)c1ccc(CC(=O)N2CCOCC2)s1. The van der Waals surface area contributed by atoms with Crippen molar-refractivity contribution in [2.75, 3.05) is 32.9 Å². The molecule has 0 radical (unpaired) electrons. The number of morpholine rings is 1. The number of ketones is 1. The van der Waals surface area contributed by atoms with Gasteiger partial charge >= 0.3 is 5.97 Å². The van der Waals surface area contributed by atoms with Gasteiger partial charge in [0.05, 0.1) is 24.5 Å². The molecule has 0 N–H and O–H groups in total. The highest BCUT2D eigenvalue weighted by Crippen LogP contribution is 2.19. The van der Waals surface area contributed by atoms with Gasteiger partial charge in [0.1, 0.15) is 5.82 Å². The molecule has 3 rings (SSSR count). The average Bonchev–Trinajstić information content (AvgIpc) is 3.20. The van der Waals surface area contributed by atoms with E-state index in [2.05, 4.69) is 0 Å². The number of thiophene rings is 1. The molecule has 1 amide bonds. The number of carbonyl (C=O) groups excluding carboxylic acids is 3. The summed E-state index contributed by atoms with van der Waals surface area (Å²) in [5.41, 5.74) is 0.641. The normalized spacial score (nSPS) is 14.2. The molecule has 1 fully saturated rings. The molecule has 2 aromatic rings. The van der Waals surface area contributed by atoms with E-state index < -0.39 is 5.97 Å². The molecule has 1 aliphatic heterocycles. The van der Waals surface area contributed by atoms with E-state index in [1.807, 2.05) is 0 Å². The lowest BCUT2D eigenvalue weighted by atomic mass is 10.2. The molecule has 0 unspecified atom stereocenters. The minimum absolute atomic E-state index is 0.00603. The minimum Gasteiger partial charge on any atom is -0.454 e. The van der Waals surface area contributed by atoms with Crippen LogP contribution in [0.25, 0.3) is 6.08 Å². The first kappa shape index (κ1) is 20.9. The lowest BCUT2D eigenvalue weighted by Crippen LogP contribution is -2.41. The first-order valence-corrected chi connectivity index (χ1v) is 9.91. The Morgan fingerprint density at radius 3 is 2.55 bits per heavy atom. The summed E-state index contributed by atoms with van der Waals surface area (Å²) < 4.78 is 23.0. The van der Waals surface area contributed by atoms with Crippen LogP contribution in [0.15, 0.2) is 42.5 Å². The fraction of sp³-hybridized carbons (Fsp3) is 0.286. The number of esters is 1. The molecule has 1 aromatic heterocycles. The molecule has 0 spiro atoms. The number of carbonyl (C=O) groups is 3. The zero-order chi connectivity index (χ0) is 20.6. The number of benzene rings is 1. The minimum atomic E-state index is -0.665. The molecule has 152 valence electrons. The molecule has 0 atom stereocenters. The molecule has 29 heavy (non-hydrogen) atoms. The average molecular weight is 417 g/mol. The maximum absolute atomic E-state index is 12.8. The fourth-order valence-corrected chi connectivity index (χ4v) is 3.61. The molecular weight excluding hydrogens is 397 g/mol. The third-order valence-electron chi connectivity index (χ3n) is 4.25. The molecule has 6 nitrogen and oxygen atoms in total. The monoisotopic (exact) mass is 417 g/mol. The summed E-state index contributed by atoms with van der Waals surface area (Å²) in [5.74, 6) is -1.35. The smallest absolute Gasteiger partial charge is 0.331 e. The molecule has 1 aromatic carbocycles. The molecule has 0 bridgehead atoms. The summed E-state index contributed by atoms with van der Waals surface area (Å²) in [6.07, 6.45) is 2.90. The van der Waals surface area contributed by atoms with E-state index in [0.29, 0.717) is 36.7 Å². The van der Waals surface area contributed by atoms with Gasteiger partial charge in [0.2, 0.25) is 11.7 Å². The number of rotatable bonds is 7. The van der Waals surface area contributed by atoms with Gasteiger partial charge in [-0.15, -0.1) is 11.3 Å². The molecule has 8 heteroatoms. The van der Waals surface area contributed by atoms with Gasteiger partial charge in [0.15, 0.2) is 6.61 Å². The number of ether oxygens (including phenoxy) is 2. The van der Waals surface area contributed by atoms with Crippen molar-refractivity contribution in [3.63, 3.8) is 0 Å². The first-order valence-electron chi connectivity index (χ1n) is 9.09. The number of halogens is 1. The molecule has 2 heterocycles. The highest BCUT2D eigenvalue weighted by atomic mass is 32.1. The van der Waals surface area contributed by atoms with Crippen molar-refractivity contribution in [3.05, 3.63) is 63.6 Å².